The molecule has 110 valence electrons. The molecule has 3 rings (SSSR count). The lowest BCUT2D eigenvalue weighted by atomic mass is 9.63. The Morgan fingerprint density at radius 3 is 2.55 bits per heavy atom. The zero-order chi connectivity index (χ0) is 14.4. The van der Waals surface area contributed by atoms with Gasteiger partial charge in [0.15, 0.2) is 0 Å². The van der Waals surface area contributed by atoms with Gasteiger partial charge in [0.1, 0.15) is 0 Å². The fourth-order valence-electron chi connectivity index (χ4n) is 4.28. The third-order valence-electron chi connectivity index (χ3n) is 6.37. The maximum atomic E-state index is 5.75. The van der Waals surface area contributed by atoms with Crippen LogP contribution >= 0.6 is 0 Å². The minimum atomic E-state index is 0.511. The van der Waals surface area contributed by atoms with E-state index >= 15 is 0 Å². The van der Waals surface area contributed by atoms with Crippen LogP contribution in [0, 0.1) is 16.7 Å². The van der Waals surface area contributed by atoms with Crippen molar-refractivity contribution in [3.63, 3.8) is 0 Å². The topological polar surface area (TPSA) is 29.3 Å². The summed E-state index contributed by atoms with van der Waals surface area (Å²) < 4.78 is 0. The van der Waals surface area contributed by atoms with Gasteiger partial charge < -0.3 is 10.6 Å². The zero-order valence-electron chi connectivity index (χ0n) is 13.2. The summed E-state index contributed by atoms with van der Waals surface area (Å²) in [6, 6.07) is 8.36. The molecular weight excluding hydrogens is 244 g/mol. The summed E-state index contributed by atoms with van der Waals surface area (Å²) in [5.74, 6) is 0.882. The molecule has 0 spiro atoms. The number of benzene rings is 1. The van der Waals surface area contributed by atoms with Crippen LogP contribution in [0.5, 0.6) is 0 Å². The lowest BCUT2D eigenvalue weighted by Gasteiger charge is -2.50. The Morgan fingerprint density at radius 2 is 1.90 bits per heavy atom. The third-order valence-corrected chi connectivity index (χ3v) is 6.37. The van der Waals surface area contributed by atoms with Crippen molar-refractivity contribution in [1.82, 2.24) is 4.90 Å². The maximum Gasteiger partial charge on any atom is 0.0314 e. The van der Waals surface area contributed by atoms with Crippen LogP contribution in [0.3, 0.4) is 0 Å². The van der Waals surface area contributed by atoms with Crippen molar-refractivity contribution < 1.29 is 0 Å². The van der Waals surface area contributed by atoms with Crippen LogP contribution in [0.4, 0.5) is 5.69 Å². The summed E-state index contributed by atoms with van der Waals surface area (Å²) >= 11 is 0. The Balaban J connectivity index is 1.62. The Hall–Kier alpha value is -1.02. The number of nitrogens with zero attached hydrogens (tertiary/aromatic N) is 1. The lowest BCUT2D eigenvalue weighted by Crippen LogP contribution is -2.52. The van der Waals surface area contributed by atoms with Crippen molar-refractivity contribution in [2.75, 3.05) is 25.4 Å². The van der Waals surface area contributed by atoms with Gasteiger partial charge in [-0.25, -0.2) is 0 Å². The van der Waals surface area contributed by atoms with Crippen LogP contribution in [-0.2, 0) is 6.42 Å². The van der Waals surface area contributed by atoms with Gasteiger partial charge in [-0.15, -0.1) is 0 Å². The highest BCUT2D eigenvalue weighted by Crippen LogP contribution is 2.58. The number of fused-ring (bicyclic) bond motifs is 2. The van der Waals surface area contributed by atoms with Crippen LogP contribution in [0.2, 0.25) is 0 Å². The number of hydrogen-bond donors (Lipinski definition) is 1. The summed E-state index contributed by atoms with van der Waals surface area (Å²) in [5.41, 5.74) is 9.04. The summed E-state index contributed by atoms with van der Waals surface area (Å²) in [6.07, 6.45) is 3.97. The molecule has 2 bridgehead atoms. The van der Waals surface area contributed by atoms with E-state index in [-0.39, 0.29) is 0 Å². The first kappa shape index (κ1) is 13.9. The Bertz CT molecular complexity index is 477. The molecule has 1 aliphatic heterocycles. The number of nitrogen functional groups attached to an aromatic ring is 1. The van der Waals surface area contributed by atoms with E-state index in [1.54, 1.807) is 0 Å². The molecule has 0 radical (unpaired) electrons. The largest absolute Gasteiger partial charge is 0.399 e. The Morgan fingerprint density at radius 1 is 1.20 bits per heavy atom. The van der Waals surface area contributed by atoms with Gasteiger partial charge in [-0.05, 0) is 53.7 Å². The summed E-state index contributed by atoms with van der Waals surface area (Å²) in [6.45, 7) is 11.2. The van der Waals surface area contributed by atoms with E-state index in [1.807, 2.05) is 12.1 Å². The second-order valence-corrected chi connectivity index (χ2v) is 7.74. The fourth-order valence-corrected chi connectivity index (χ4v) is 4.28. The normalized spacial score (nSPS) is 32.5. The second kappa shape index (κ2) is 4.77. The number of anilines is 1. The molecule has 2 nitrogen and oxygen atoms in total. The highest BCUT2D eigenvalue weighted by atomic mass is 15.2. The highest BCUT2D eigenvalue weighted by molar-refractivity contribution is 5.39. The SMILES string of the molecule is CC12CCC(CN(CCc3ccc(N)cc3)C1)C2(C)C. The van der Waals surface area contributed by atoms with Gasteiger partial charge in [-0.1, -0.05) is 32.9 Å². The standard InChI is InChI=1S/C18H28N2/c1-17(2)15-8-10-18(17,3)13-20(12-15)11-9-14-4-6-16(19)7-5-14/h4-7,15H,8-13,19H2,1-3H3. The molecule has 1 aromatic rings. The summed E-state index contributed by atoms with van der Waals surface area (Å²) in [5, 5.41) is 0. The van der Waals surface area contributed by atoms with E-state index in [2.05, 4.69) is 37.8 Å². The van der Waals surface area contributed by atoms with Crippen molar-refractivity contribution >= 4 is 5.69 Å². The van der Waals surface area contributed by atoms with Gasteiger partial charge in [0.05, 0.1) is 0 Å². The fraction of sp³-hybridized carbons (Fsp3) is 0.667. The number of likely N-dealkylation sites (tertiary alicyclic amines) is 1. The molecule has 0 amide bonds. The number of rotatable bonds is 3. The van der Waals surface area contributed by atoms with Crippen LogP contribution in [0.25, 0.3) is 0 Å². The van der Waals surface area contributed by atoms with Gasteiger partial charge in [0, 0.05) is 25.3 Å². The Kier molecular flexibility index (Phi) is 3.32. The second-order valence-electron chi connectivity index (χ2n) is 7.74. The molecular formula is C18H28N2. The van der Waals surface area contributed by atoms with Crippen LogP contribution in [-0.4, -0.2) is 24.5 Å². The summed E-state index contributed by atoms with van der Waals surface area (Å²) in [7, 11) is 0. The predicted molar refractivity (Wildman–Crippen MR) is 85.6 cm³/mol. The average molecular weight is 272 g/mol. The van der Waals surface area contributed by atoms with Gasteiger partial charge in [0.2, 0.25) is 0 Å². The maximum absolute atomic E-state index is 5.75. The molecule has 1 heterocycles. The monoisotopic (exact) mass is 272 g/mol. The smallest absolute Gasteiger partial charge is 0.0314 e. The molecule has 2 atom stereocenters. The van der Waals surface area contributed by atoms with Crippen molar-refractivity contribution in [3.05, 3.63) is 29.8 Å². The molecule has 1 saturated carbocycles. The van der Waals surface area contributed by atoms with Gasteiger partial charge in [0.25, 0.3) is 0 Å². The van der Waals surface area contributed by atoms with Gasteiger partial charge >= 0.3 is 0 Å². The van der Waals surface area contributed by atoms with Gasteiger partial charge in [-0.3, -0.25) is 0 Å². The summed E-state index contributed by atoms with van der Waals surface area (Å²) in [4.78, 5) is 2.69. The highest BCUT2D eigenvalue weighted by Gasteiger charge is 2.55. The van der Waals surface area contributed by atoms with E-state index < -0.39 is 0 Å². The first-order valence-corrected chi connectivity index (χ1v) is 7.97. The molecule has 2 unspecified atom stereocenters. The van der Waals surface area contributed by atoms with E-state index in [1.165, 1.54) is 38.0 Å². The van der Waals surface area contributed by atoms with Crippen molar-refractivity contribution in [3.8, 4) is 0 Å². The molecule has 2 N–H and O–H groups in total. The quantitative estimate of drug-likeness (QED) is 0.852. The zero-order valence-corrected chi connectivity index (χ0v) is 13.2. The molecule has 2 heteroatoms. The minimum Gasteiger partial charge on any atom is -0.399 e. The van der Waals surface area contributed by atoms with Crippen LogP contribution in [0.1, 0.15) is 39.2 Å². The number of piperidine rings is 1. The molecule has 1 saturated heterocycles. The molecule has 2 fully saturated rings. The minimum absolute atomic E-state index is 0.511. The molecule has 1 aliphatic carbocycles. The van der Waals surface area contributed by atoms with Gasteiger partial charge in [-0.2, -0.15) is 0 Å². The lowest BCUT2D eigenvalue weighted by molar-refractivity contribution is -0.0169. The first-order valence-electron chi connectivity index (χ1n) is 7.97. The molecule has 0 aromatic heterocycles. The molecule has 1 aromatic carbocycles. The number of nitrogens with two attached hydrogens (primary N) is 1. The van der Waals surface area contributed by atoms with E-state index in [0.717, 1.165) is 18.0 Å². The van der Waals surface area contributed by atoms with Crippen LogP contribution < -0.4 is 5.73 Å². The molecule has 20 heavy (non-hydrogen) atoms. The predicted octanol–water partition coefficient (Wildman–Crippen LogP) is 3.57. The molecule has 2 aliphatic rings. The average Bonchev–Trinajstić information content (AvgIpc) is 2.55. The van der Waals surface area contributed by atoms with Crippen LogP contribution in [0.15, 0.2) is 24.3 Å². The first-order chi connectivity index (χ1) is 9.41. The van der Waals surface area contributed by atoms with Crippen molar-refractivity contribution in [1.29, 1.82) is 0 Å². The van der Waals surface area contributed by atoms with Crippen molar-refractivity contribution in [2.24, 2.45) is 16.7 Å². The van der Waals surface area contributed by atoms with E-state index in [0.29, 0.717) is 10.8 Å². The number of hydrogen-bond acceptors (Lipinski definition) is 2. The van der Waals surface area contributed by atoms with E-state index in [4.69, 9.17) is 5.73 Å². The third kappa shape index (κ3) is 2.24. The van der Waals surface area contributed by atoms with Crippen molar-refractivity contribution in [2.45, 2.75) is 40.0 Å². The van der Waals surface area contributed by atoms with E-state index in [9.17, 15) is 0 Å². The Labute approximate surface area is 123 Å².